The predicted octanol–water partition coefficient (Wildman–Crippen LogP) is 3.65. The van der Waals surface area contributed by atoms with Crippen LogP contribution in [0.3, 0.4) is 0 Å². The van der Waals surface area contributed by atoms with E-state index in [2.05, 4.69) is 6.92 Å². The molecule has 0 amide bonds. The summed E-state index contributed by atoms with van der Waals surface area (Å²) in [6.45, 7) is 2.22. The predicted molar refractivity (Wildman–Crippen MR) is 63.2 cm³/mol. The van der Waals surface area contributed by atoms with Gasteiger partial charge in [-0.25, -0.2) is 4.39 Å². The van der Waals surface area contributed by atoms with Crippen molar-refractivity contribution < 1.29 is 9.13 Å². The Morgan fingerprint density at radius 1 is 1.41 bits per heavy atom. The topological polar surface area (TPSA) is 33.0 Å². The van der Waals surface area contributed by atoms with Crippen molar-refractivity contribution in [3.63, 3.8) is 0 Å². The number of ether oxygens (including phenoxy) is 1. The van der Waals surface area contributed by atoms with Gasteiger partial charge in [0.05, 0.1) is 11.7 Å². The van der Waals surface area contributed by atoms with E-state index in [9.17, 15) is 4.39 Å². The van der Waals surface area contributed by atoms with E-state index in [4.69, 9.17) is 10.00 Å². The van der Waals surface area contributed by atoms with Gasteiger partial charge in [-0.2, -0.15) is 5.26 Å². The van der Waals surface area contributed by atoms with Gasteiger partial charge in [-0.3, -0.25) is 0 Å². The van der Waals surface area contributed by atoms with E-state index in [0.29, 0.717) is 11.7 Å². The van der Waals surface area contributed by atoms with Gasteiger partial charge in [0.2, 0.25) is 0 Å². The number of halogens is 1. The molecule has 2 nitrogen and oxygen atoms in total. The molecule has 0 aliphatic heterocycles. The highest BCUT2D eigenvalue weighted by molar-refractivity contribution is 5.36. The molecule has 0 heterocycles. The maximum absolute atomic E-state index is 13.4. The number of benzene rings is 1. The van der Waals surface area contributed by atoms with Crippen LogP contribution in [0.15, 0.2) is 18.2 Å². The molecular weight excluding hydrogens is 217 g/mol. The largest absolute Gasteiger partial charge is 0.490 e. The monoisotopic (exact) mass is 233 g/mol. The van der Waals surface area contributed by atoms with Crippen molar-refractivity contribution in [2.24, 2.45) is 5.92 Å². The Kier molecular flexibility index (Phi) is 3.63. The summed E-state index contributed by atoms with van der Waals surface area (Å²) < 4.78 is 19.1. The molecule has 0 radical (unpaired) electrons. The van der Waals surface area contributed by atoms with Crippen LogP contribution in [0.4, 0.5) is 4.39 Å². The van der Waals surface area contributed by atoms with Crippen molar-refractivity contribution in [3.05, 3.63) is 29.6 Å². The molecule has 0 bridgehead atoms. The van der Waals surface area contributed by atoms with Gasteiger partial charge in [-0.05, 0) is 37.3 Å². The van der Waals surface area contributed by atoms with Crippen LogP contribution in [0.2, 0.25) is 0 Å². The van der Waals surface area contributed by atoms with Crippen molar-refractivity contribution in [2.75, 3.05) is 0 Å². The standard InChI is InChI=1S/C14H16FNO/c1-10-3-2-4-12(7-10)17-13-6-5-11(9-16)14(15)8-13/h5-6,8,10,12H,2-4,7H2,1H3. The average molecular weight is 233 g/mol. The van der Waals surface area contributed by atoms with E-state index in [-0.39, 0.29) is 11.7 Å². The number of nitriles is 1. The Balaban J connectivity index is 2.04. The van der Waals surface area contributed by atoms with Crippen LogP contribution in [0.25, 0.3) is 0 Å². The van der Waals surface area contributed by atoms with Crippen LogP contribution < -0.4 is 4.74 Å². The van der Waals surface area contributed by atoms with Gasteiger partial charge in [0.25, 0.3) is 0 Å². The van der Waals surface area contributed by atoms with E-state index < -0.39 is 5.82 Å². The smallest absolute Gasteiger partial charge is 0.144 e. The van der Waals surface area contributed by atoms with Gasteiger partial charge < -0.3 is 4.74 Å². The SMILES string of the molecule is CC1CCCC(Oc2ccc(C#N)c(F)c2)C1. The highest BCUT2D eigenvalue weighted by Gasteiger charge is 2.20. The van der Waals surface area contributed by atoms with Gasteiger partial charge in [0.1, 0.15) is 17.6 Å². The molecule has 1 aromatic carbocycles. The van der Waals surface area contributed by atoms with Crippen molar-refractivity contribution in [1.82, 2.24) is 0 Å². The lowest BCUT2D eigenvalue weighted by Crippen LogP contribution is -2.24. The van der Waals surface area contributed by atoms with Crippen molar-refractivity contribution in [3.8, 4) is 11.8 Å². The summed E-state index contributed by atoms with van der Waals surface area (Å²) in [6, 6.07) is 6.24. The summed E-state index contributed by atoms with van der Waals surface area (Å²) in [5.41, 5.74) is 0.0642. The fourth-order valence-corrected chi connectivity index (χ4v) is 2.34. The normalized spacial score (nSPS) is 24.1. The third kappa shape index (κ3) is 2.97. The van der Waals surface area contributed by atoms with Crippen molar-refractivity contribution >= 4 is 0 Å². The summed E-state index contributed by atoms with van der Waals surface area (Å²) in [5, 5.41) is 8.63. The van der Waals surface area contributed by atoms with E-state index in [1.54, 1.807) is 12.1 Å². The fourth-order valence-electron chi connectivity index (χ4n) is 2.34. The van der Waals surface area contributed by atoms with Crippen LogP contribution in [-0.4, -0.2) is 6.10 Å². The summed E-state index contributed by atoms with van der Waals surface area (Å²) >= 11 is 0. The minimum Gasteiger partial charge on any atom is -0.490 e. The Labute approximate surface area is 101 Å². The number of rotatable bonds is 2. The lowest BCUT2D eigenvalue weighted by atomic mass is 9.89. The van der Waals surface area contributed by atoms with Gasteiger partial charge >= 0.3 is 0 Å². The second kappa shape index (κ2) is 5.18. The molecule has 2 unspecified atom stereocenters. The molecule has 0 aromatic heterocycles. The van der Waals surface area contributed by atoms with Gasteiger partial charge in [0, 0.05) is 6.07 Å². The summed E-state index contributed by atoms with van der Waals surface area (Å²) in [5.74, 6) is 0.700. The molecule has 1 fully saturated rings. The molecule has 0 saturated heterocycles. The first-order valence-corrected chi connectivity index (χ1v) is 6.05. The first-order chi connectivity index (χ1) is 8.19. The van der Waals surface area contributed by atoms with Gasteiger partial charge in [-0.15, -0.1) is 0 Å². The molecular formula is C14H16FNO. The average Bonchev–Trinajstić information content (AvgIpc) is 2.29. The third-order valence-electron chi connectivity index (χ3n) is 3.25. The zero-order chi connectivity index (χ0) is 12.3. The van der Waals surface area contributed by atoms with Crippen molar-refractivity contribution in [2.45, 2.75) is 38.7 Å². The van der Waals surface area contributed by atoms with Crippen LogP contribution in [0.1, 0.15) is 38.2 Å². The van der Waals surface area contributed by atoms with Crippen molar-refractivity contribution in [1.29, 1.82) is 5.26 Å². The molecule has 1 aromatic rings. The lowest BCUT2D eigenvalue weighted by molar-refractivity contribution is 0.129. The first-order valence-electron chi connectivity index (χ1n) is 6.05. The van der Waals surface area contributed by atoms with Crippen LogP contribution in [0, 0.1) is 23.1 Å². The van der Waals surface area contributed by atoms with Crippen LogP contribution >= 0.6 is 0 Å². The van der Waals surface area contributed by atoms with E-state index in [1.807, 2.05) is 0 Å². The Morgan fingerprint density at radius 2 is 2.24 bits per heavy atom. The molecule has 2 rings (SSSR count). The molecule has 0 N–H and O–H groups in total. The van der Waals surface area contributed by atoms with Gasteiger partial charge in [-0.1, -0.05) is 13.3 Å². The molecule has 1 aliphatic rings. The highest BCUT2D eigenvalue weighted by atomic mass is 19.1. The zero-order valence-corrected chi connectivity index (χ0v) is 9.95. The van der Waals surface area contributed by atoms with Crippen LogP contribution in [0.5, 0.6) is 5.75 Å². The Bertz CT molecular complexity index is 438. The molecule has 1 saturated carbocycles. The molecule has 17 heavy (non-hydrogen) atoms. The molecule has 1 aliphatic carbocycles. The van der Waals surface area contributed by atoms with E-state index >= 15 is 0 Å². The minimum atomic E-state index is -0.506. The third-order valence-corrected chi connectivity index (χ3v) is 3.25. The minimum absolute atomic E-state index is 0.0642. The summed E-state index contributed by atoms with van der Waals surface area (Å²) in [7, 11) is 0. The molecule has 2 atom stereocenters. The quantitative estimate of drug-likeness (QED) is 0.781. The summed E-state index contributed by atoms with van der Waals surface area (Å²) in [4.78, 5) is 0. The molecule has 0 spiro atoms. The van der Waals surface area contributed by atoms with E-state index in [1.165, 1.54) is 25.0 Å². The van der Waals surface area contributed by atoms with Crippen LogP contribution in [-0.2, 0) is 0 Å². The summed E-state index contributed by atoms with van der Waals surface area (Å²) in [6.07, 6.45) is 4.67. The Morgan fingerprint density at radius 3 is 2.88 bits per heavy atom. The highest BCUT2D eigenvalue weighted by Crippen LogP contribution is 2.27. The second-order valence-corrected chi connectivity index (χ2v) is 4.77. The molecule has 3 heteroatoms. The van der Waals surface area contributed by atoms with E-state index in [0.717, 1.165) is 12.8 Å². The number of hydrogen-bond acceptors (Lipinski definition) is 2. The number of nitrogens with zero attached hydrogens (tertiary/aromatic N) is 1. The maximum Gasteiger partial charge on any atom is 0.144 e. The fraction of sp³-hybridized carbons (Fsp3) is 0.500. The Hall–Kier alpha value is -1.56. The molecule has 90 valence electrons. The first kappa shape index (κ1) is 11.9. The maximum atomic E-state index is 13.4. The lowest BCUT2D eigenvalue weighted by Gasteiger charge is -2.27. The zero-order valence-electron chi connectivity index (χ0n) is 9.95. The second-order valence-electron chi connectivity index (χ2n) is 4.77. The number of hydrogen-bond donors (Lipinski definition) is 0. The van der Waals surface area contributed by atoms with Gasteiger partial charge in [0.15, 0.2) is 0 Å².